The molecule has 2 atom stereocenters. The van der Waals surface area contributed by atoms with Crippen LogP contribution < -0.4 is 5.32 Å². The van der Waals surface area contributed by atoms with E-state index in [1.165, 1.54) is 11.8 Å². The molecule has 0 bridgehead atoms. The number of benzene rings is 2. The van der Waals surface area contributed by atoms with Crippen LogP contribution in [-0.2, 0) is 9.59 Å². The zero-order valence-electron chi connectivity index (χ0n) is 17.9. The molecule has 0 unspecified atom stereocenters. The van der Waals surface area contributed by atoms with Gasteiger partial charge in [0.2, 0.25) is 5.91 Å². The molecule has 0 spiro atoms. The number of nitrogens with one attached hydrogen (secondary N) is 1. The van der Waals surface area contributed by atoms with Gasteiger partial charge in [0, 0.05) is 11.3 Å². The zero-order valence-corrected chi connectivity index (χ0v) is 18.7. The van der Waals surface area contributed by atoms with Crippen LogP contribution in [0.5, 0.6) is 0 Å². The number of carbonyl (C=O) groups excluding carboxylic acids is 2. The van der Waals surface area contributed by atoms with Crippen molar-refractivity contribution in [2.45, 2.75) is 44.9 Å². The predicted molar refractivity (Wildman–Crippen MR) is 127 cm³/mol. The lowest BCUT2D eigenvalue weighted by molar-refractivity contribution is -0.125. The fourth-order valence-electron chi connectivity index (χ4n) is 3.67. The maximum Gasteiger partial charge on any atom is 0.259 e. The highest BCUT2D eigenvalue weighted by atomic mass is 32.2. The second-order valence-corrected chi connectivity index (χ2v) is 9.22. The Hall–Kier alpha value is -2.93. The van der Waals surface area contributed by atoms with E-state index in [1.807, 2.05) is 61.5 Å². The molecule has 4 rings (SSSR count). The van der Waals surface area contributed by atoms with Crippen molar-refractivity contribution in [1.82, 2.24) is 4.90 Å². The SMILES string of the molecule is CC[C@@H](SC1=Nc2ccccc2C2=N[C@@H](CC(C)C)C(=O)N12)C(=O)Nc1ccccc1. The van der Waals surface area contributed by atoms with E-state index >= 15 is 0 Å². The molecule has 7 heteroatoms. The lowest BCUT2D eigenvalue weighted by Gasteiger charge is -2.27. The van der Waals surface area contributed by atoms with Crippen molar-refractivity contribution in [3.63, 3.8) is 0 Å². The van der Waals surface area contributed by atoms with Gasteiger partial charge in [0.15, 0.2) is 5.17 Å². The van der Waals surface area contributed by atoms with Crippen molar-refractivity contribution < 1.29 is 9.59 Å². The van der Waals surface area contributed by atoms with Crippen LogP contribution >= 0.6 is 11.8 Å². The first-order chi connectivity index (χ1) is 15.0. The minimum absolute atomic E-state index is 0.0669. The van der Waals surface area contributed by atoms with E-state index in [-0.39, 0.29) is 17.1 Å². The minimum atomic E-state index is -0.412. The molecule has 160 valence electrons. The molecular formula is C24H26N4O2S. The number of fused-ring (bicyclic) bond motifs is 3. The Morgan fingerprint density at radius 2 is 1.84 bits per heavy atom. The van der Waals surface area contributed by atoms with Crippen LogP contribution in [0.15, 0.2) is 64.6 Å². The summed E-state index contributed by atoms with van der Waals surface area (Å²) in [6.07, 6.45) is 1.29. The van der Waals surface area contributed by atoms with E-state index in [0.29, 0.717) is 29.8 Å². The molecule has 2 heterocycles. The maximum atomic E-state index is 13.2. The van der Waals surface area contributed by atoms with Crippen LogP contribution in [0.1, 0.15) is 39.2 Å². The zero-order chi connectivity index (χ0) is 22.0. The summed E-state index contributed by atoms with van der Waals surface area (Å²) in [5, 5.41) is 3.09. The van der Waals surface area contributed by atoms with Gasteiger partial charge in [-0.05, 0) is 43.0 Å². The van der Waals surface area contributed by atoms with Gasteiger partial charge in [-0.1, -0.05) is 62.9 Å². The summed E-state index contributed by atoms with van der Waals surface area (Å²) in [4.78, 5) is 37.3. The number of amidine groups is 2. The first kappa shape index (κ1) is 21.3. The third kappa shape index (κ3) is 4.42. The van der Waals surface area contributed by atoms with Crippen molar-refractivity contribution in [3.8, 4) is 0 Å². The largest absolute Gasteiger partial charge is 0.325 e. The molecule has 2 aliphatic rings. The number of aliphatic imine (C=N–C) groups is 2. The topological polar surface area (TPSA) is 74.1 Å². The van der Waals surface area contributed by atoms with Gasteiger partial charge in [0.05, 0.1) is 10.9 Å². The Kier molecular flexibility index (Phi) is 6.23. The summed E-state index contributed by atoms with van der Waals surface area (Å²) in [7, 11) is 0. The second kappa shape index (κ2) is 9.06. The van der Waals surface area contributed by atoms with Crippen LogP contribution in [0.3, 0.4) is 0 Å². The van der Waals surface area contributed by atoms with Gasteiger partial charge in [-0.15, -0.1) is 0 Å². The van der Waals surface area contributed by atoms with Gasteiger partial charge in [-0.2, -0.15) is 0 Å². The van der Waals surface area contributed by atoms with E-state index in [2.05, 4.69) is 19.2 Å². The minimum Gasteiger partial charge on any atom is -0.325 e. The van der Waals surface area contributed by atoms with Crippen LogP contribution in [0.2, 0.25) is 0 Å². The lowest BCUT2D eigenvalue weighted by Crippen LogP contribution is -2.42. The van der Waals surface area contributed by atoms with Gasteiger partial charge in [-0.25, -0.2) is 9.89 Å². The Bertz CT molecular complexity index is 1050. The molecule has 0 aromatic heterocycles. The van der Waals surface area contributed by atoms with E-state index in [1.54, 1.807) is 4.90 Å². The summed E-state index contributed by atoms with van der Waals surface area (Å²) in [6, 6.07) is 16.7. The molecule has 31 heavy (non-hydrogen) atoms. The van der Waals surface area contributed by atoms with Crippen molar-refractivity contribution in [1.29, 1.82) is 0 Å². The predicted octanol–water partition coefficient (Wildman–Crippen LogP) is 4.84. The summed E-state index contributed by atoms with van der Waals surface area (Å²) < 4.78 is 0. The Balaban J connectivity index is 1.62. The highest BCUT2D eigenvalue weighted by Crippen LogP contribution is 2.36. The van der Waals surface area contributed by atoms with E-state index in [0.717, 1.165) is 16.9 Å². The molecule has 0 saturated heterocycles. The molecule has 0 radical (unpaired) electrons. The van der Waals surface area contributed by atoms with Gasteiger partial charge >= 0.3 is 0 Å². The first-order valence-electron chi connectivity index (χ1n) is 10.6. The van der Waals surface area contributed by atoms with E-state index in [4.69, 9.17) is 9.98 Å². The number of amides is 2. The quantitative estimate of drug-likeness (QED) is 0.707. The third-order valence-corrected chi connectivity index (χ3v) is 6.51. The van der Waals surface area contributed by atoms with Gasteiger partial charge in [-0.3, -0.25) is 14.6 Å². The van der Waals surface area contributed by atoms with Crippen molar-refractivity contribution >= 4 is 46.0 Å². The number of carbonyl (C=O) groups is 2. The Morgan fingerprint density at radius 1 is 1.13 bits per heavy atom. The fourth-order valence-corrected chi connectivity index (χ4v) is 4.69. The van der Waals surface area contributed by atoms with Gasteiger partial charge < -0.3 is 5.32 Å². The number of thioether (sulfide) groups is 1. The lowest BCUT2D eigenvalue weighted by atomic mass is 10.0. The van der Waals surface area contributed by atoms with Crippen molar-refractivity contribution in [3.05, 3.63) is 60.2 Å². The van der Waals surface area contributed by atoms with E-state index in [9.17, 15) is 9.59 Å². The highest BCUT2D eigenvalue weighted by Gasteiger charge is 2.42. The summed E-state index contributed by atoms with van der Waals surface area (Å²) >= 11 is 1.32. The molecular weight excluding hydrogens is 408 g/mol. The van der Waals surface area contributed by atoms with Crippen LogP contribution in [0.25, 0.3) is 0 Å². The molecule has 2 aromatic rings. The van der Waals surface area contributed by atoms with Crippen LogP contribution in [0.4, 0.5) is 11.4 Å². The highest BCUT2D eigenvalue weighted by molar-refractivity contribution is 8.15. The second-order valence-electron chi connectivity index (χ2n) is 8.05. The molecule has 0 fully saturated rings. The summed E-state index contributed by atoms with van der Waals surface area (Å²) in [6.45, 7) is 6.13. The molecule has 0 saturated carbocycles. The molecule has 6 nitrogen and oxygen atoms in total. The summed E-state index contributed by atoms with van der Waals surface area (Å²) in [5.74, 6) is 0.817. The molecule has 2 amide bonds. The number of rotatable bonds is 6. The first-order valence-corrected chi connectivity index (χ1v) is 11.5. The number of hydrogen-bond acceptors (Lipinski definition) is 5. The van der Waals surface area contributed by atoms with Crippen molar-refractivity contribution in [2.75, 3.05) is 5.32 Å². The van der Waals surface area contributed by atoms with Crippen LogP contribution in [-0.4, -0.2) is 39.0 Å². The number of hydrogen-bond donors (Lipinski definition) is 1. The van der Waals surface area contributed by atoms with Crippen molar-refractivity contribution in [2.24, 2.45) is 15.9 Å². The average molecular weight is 435 g/mol. The number of nitrogens with zero attached hydrogens (tertiary/aromatic N) is 3. The molecule has 2 aliphatic heterocycles. The monoisotopic (exact) mass is 434 g/mol. The smallest absolute Gasteiger partial charge is 0.259 e. The van der Waals surface area contributed by atoms with E-state index < -0.39 is 6.04 Å². The molecule has 0 aliphatic carbocycles. The normalized spacial score (nSPS) is 18.3. The van der Waals surface area contributed by atoms with Gasteiger partial charge in [0.1, 0.15) is 11.9 Å². The van der Waals surface area contributed by atoms with Crippen LogP contribution in [0, 0.1) is 5.92 Å². The Morgan fingerprint density at radius 3 is 2.55 bits per heavy atom. The molecule has 2 aromatic carbocycles. The fraction of sp³-hybridized carbons (Fsp3) is 0.333. The Labute approximate surface area is 186 Å². The number of para-hydroxylation sites is 2. The van der Waals surface area contributed by atoms with Gasteiger partial charge in [0.25, 0.3) is 5.91 Å². The standard InChI is InChI=1S/C24H26N4O2S/c1-4-20(22(29)25-16-10-6-5-7-11-16)31-24-27-18-13-9-8-12-17(18)21-26-19(14-15(2)3)23(30)28(21)24/h5-13,15,19-20H,4,14H2,1-3H3,(H,25,29)/t19-,20+/m0/s1. The average Bonchev–Trinajstić information content (AvgIpc) is 3.08. The third-order valence-electron chi connectivity index (χ3n) is 5.19. The molecule has 1 N–H and O–H groups in total. The summed E-state index contributed by atoms with van der Waals surface area (Å²) in [5.41, 5.74) is 2.38. The maximum absolute atomic E-state index is 13.2. The number of anilines is 1.